The van der Waals surface area contributed by atoms with Crippen LogP contribution in [0.1, 0.15) is 12.8 Å². The number of methoxy groups -OCH3 is 1. The lowest BCUT2D eigenvalue weighted by Gasteiger charge is -2.08. The molecule has 0 saturated heterocycles. The van der Waals surface area contributed by atoms with Crippen LogP contribution in [0.5, 0.6) is 5.75 Å². The van der Waals surface area contributed by atoms with Gasteiger partial charge in [-0.25, -0.2) is 0 Å². The number of anilines is 1. The molecule has 0 unspecified atom stereocenters. The molecule has 1 heterocycles. The maximum absolute atomic E-state index is 11.8. The number of nitrogens with zero attached hydrogens (tertiary/aromatic N) is 1. The molecular weight excluding hydrogens is 276 g/mol. The van der Waals surface area contributed by atoms with Gasteiger partial charge in [0.2, 0.25) is 5.91 Å². The first-order chi connectivity index (χ1) is 9.69. The van der Waals surface area contributed by atoms with Gasteiger partial charge < -0.3 is 14.6 Å². The highest BCUT2D eigenvalue weighted by atomic mass is 35.5. The number of halogens is 1. The van der Waals surface area contributed by atoms with Crippen LogP contribution >= 0.6 is 11.6 Å². The van der Waals surface area contributed by atoms with Crippen molar-refractivity contribution in [1.29, 1.82) is 0 Å². The van der Waals surface area contributed by atoms with E-state index in [1.54, 1.807) is 25.3 Å². The van der Waals surface area contributed by atoms with Gasteiger partial charge in [-0.1, -0.05) is 11.6 Å². The molecule has 106 valence electrons. The second-order valence-corrected chi connectivity index (χ2v) is 4.83. The molecule has 1 aromatic carbocycles. The second kappa shape index (κ2) is 7.01. The standard InChI is InChI=1S/C15H17ClN2O2/c1-20-14-7-6-12(11-13(14)16)17-15(19)5-4-10-18-8-2-3-9-18/h2-3,6-9,11H,4-5,10H2,1H3,(H,17,19). The third kappa shape index (κ3) is 4.03. The summed E-state index contributed by atoms with van der Waals surface area (Å²) in [7, 11) is 1.56. The van der Waals surface area contributed by atoms with Gasteiger partial charge in [-0.2, -0.15) is 0 Å². The van der Waals surface area contributed by atoms with E-state index in [2.05, 4.69) is 9.88 Å². The Morgan fingerprint density at radius 2 is 2.10 bits per heavy atom. The first-order valence-corrected chi connectivity index (χ1v) is 6.81. The molecule has 1 aromatic heterocycles. The number of aromatic nitrogens is 1. The van der Waals surface area contributed by atoms with Crippen molar-refractivity contribution in [3.63, 3.8) is 0 Å². The van der Waals surface area contributed by atoms with Crippen LogP contribution in [0.2, 0.25) is 5.02 Å². The van der Waals surface area contributed by atoms with Crippen LogP contribution in [0.4, 0.5) is 5.69 Å². The van der Waals surface area contributed by atoms with E-state index in [1.807, 2.05) is 24.5 Å². The number of hydrogen-bond acceptors (Lipinski definition) is 2. The van der Waals surface area contributed by atoms with E-state index in [1.165, 1.54) is 0 Å². The fraction of sp³-hybridized carbons (Fsp3) is 0.267. The monoisotopic (exact) mass is 292 g/mol. The molecule has 5 heteroatoms. The third-order valence-electron chi connectivity index (χ3n) is 2.92. The van der Waals surface area contributed by atoms with Crippen molar-refractivity contribution in [2.24, 2.45) is 0 Å². The first kappa shape index (κ1) is 14.5. The average molecular weight is 293 g/mol. The quantitative estimate of drug-likeness (QED) is 0.884. The fourth-order valence-corrected chi connectivity index (χ4v) is 2.17. The van der Waals surface area contributed by atoms with Gasteiger partial charge in [-0.3, -0.25) is 4.79 Å². The lowest BCUT2D eigenvalue weighted by Crippen LogP contribution is -2.12. The maximum Gasteiger partial charge on any atom is 0.224 e. The zero-order valence-electron chi connectivity index (χ0n) is 11.3. The van der Waals surface area contributed by atoms with Crippen molar-refractivity contribution >= 4 is 23.2 Å². The van der Waals surface area contributed by atoms with Crippen LogP contribution in [0.3, 0.4) is 0 Å². The predicted octanol–water partition coefficient (Wildman–Crippen LogP) is 3.57. The number of carbonyl (C=O) groups excluding carboxylic acids is 1. The molecule has 0 saturated carbocycles. The minimum atomic E-state index is -0.0154. The summed E-state index contributed by atoms with van der Waals surface area (Å²) in [6, 6.07) is 9.13. The topological polar surface area (TPSA) is 43.3 Å². The Balaban J connectivity index is 1.80. The summed E-state index contributed by atoms with van der Waals surface area (Å²) < 4.78 is 7.12. The number of hydrogen-bond donors (Lipinski definition) is 1. The summed E-state index contributed by atoms with van der Waals surface area (Å²) >= 11 is 6.01. The molecule has 0 fully saturated rings. The molecule has 0 aliphatic heterocycles. The van der Waals surface area contributed by atoms with E-state index in [0.29, 0.717) is 22.9 Å². The normalized spacial score (nSPS) is 10.3. The van der Waals surface area contributed by atoms with Gasteiger partial charge in [0, 0.05) is 31.0 Å². The van der Waals surface area contributed by atoms with Gasteiger partial charge >= 0.3 is 0 Å². The molecule has 2 aromatic rings. The molecular formula is C15H17ClN2O2. The van der Waals surface area contributed by atoms with Crippen molar-refractivity contribution in [2.75, 3.05) is 12.4 Å². The van der Waals surface area contributed by atoms with E-state index in [4.69, 9.17) is 16.3 Å². The van der Waals surface area contributed by atoms with Gasteiger partial charge in [0.25, 0.3) is 0 Å². The van der Waals surface area contributed by atoms with Gasteiger partial charge in [-0.15, -0.1) is 0 Å². The van der Waals surface area contributed by atoms with Crippen LogP contribution in [0.25, 0.3) is 0 Å². The van der Waals surface area contributed by atoms with E-state index in [-0.39, 0.29) is 5.91 Å². The zero-order chi connectivity index (χ0) is 14.4. The minimum absolute atomic E-state index is 0.0154. The number of amides is 1. The Labute approximate surface area is 123 Å². The van der Waals surface area contributed by atoms with E-state index in [9.17, 15) is 4.79 Å². The molecule has 20 heavy (non-hydrogen) atoms. The Kier molecular flexibility index (Phi) is 5.07. The van der Waals surface area contributed by atoms with Crippen LogP contribution < -0.4 is 10.1 Å². The Morgan fingerprint density at radius 1 is 1.35 bits per heavy atom. The highest BCUT2D eigenvalue weighted by molar-refractivity contribution is 6.32. The molecule has 0 spiro atoms. The van der Waals surface area contributed by atoms with E-state index in [0.717, 1.165) is 13.0 Å². The van der Waals surface area contributed by atoms with Crippen molar-refractivity contribution in [2.45, 2.75) is 19.4 Å². The lowest BCUT2D eigenvalue weighted by molar-refractivity contribution is -0.116. The largest absolute Gasteiger partial charge is 0.495 e. The molecule has 0 radical (unpaired) electrons. The number of carbonyl (C=O) groups is 1. The molecule has 2 rings (SSSR count). The molecule has 4 nitrogen and oxygen atoms in total. The summed E-state index contributed by atoms with van der Waals surface area (Å²) in [6.07, 6.45) is 5.24. The predicted molar refractivity (Wildman–Crippen MR) is 80.3 cm³/mol. The Bertz CT molecular complexity index is 567. The summed E-state index contributed by atoms with van der Waals surface area (Å²) in [6.45, 7) is 0.837. The second-order valence-electron chi connectivity index (χ2n) is 4.42. The number of rotatable bonds is 6. The van der Waals surface area contributed by atoms with Gasteiger partial charge in [0.1, 0.15) is 5.75 Å². The number of aryl methyl sites for hydroxylation is 1. The van der Waals surface area contributed by atoms with Crippen molar-refractivity contribution in [3.8, 4) is 5.75 Å². The third-order valence-corrected chi connectivity index (χ3v) is 3.22. The lowest BCUT2D eigenvalue weighted by atomic mass is 10.2. The fourth-order valence-electron chi connectivity index (χ4n) is 1.91. The van der Waals surface area contributed by atoms with Gasteiger partial charge in [-0.05, 0) is 36.8 Å². The summed E-state index contributed by atoms with van der Waals surface area (Å²) in [5, 5.41) is 3.31. The summed E-state index contributed by atoms with van der Waals surface area (Å²) in [5.74, 6) is 0.579. The zero-order valence-corrected chi connectivity index (χ0v) is 12.1. The molecule has 1 amide bonds. The molecule has 0 atom stereocenters. The summed E-state index contributed by atoms with van der Waals surface area (Å²) in [5.41, 5.74) is 0.682. The van der Waals surface area contributed by atoms with Gasteiger partial charge in [0.15, 0.2) is 0 Å². The molecule has 0 aliphatic carbocycles. The van der Waals surface area contributed by atoms with Gasteiger partial charge in [0.05, 0.1) is 12.1 Å². The number of ether oxygens (including phenoxy) is 1. The maximum atomic E-state index is 11.8. The molecule has 1 N–H and O–H groups in total. The SMILES string of the molecule is COc1ccc(NC(=O)CCCn2cccc2)cc1Cl. The highest BCUT2D eigenvalue weighted by Crippen LogP contribution is 2.27. The van der Waals surface area contributed by atoms with Crippen molar-refractivity contribution < 1.29 is 9.53 Å². The minimum Gasteiger partial charge on any atom is -0.495 e. The van der Waals surface area contributed by atoms with Crippen LogP contribution in [0.15, 0.2) is 42.7 Å². The molecule has 0 bridgehead atoms. The highest BCUT2D eigenvalue weighted by Gasteiger charge is 2.05. The van der Waals surface area contributed by atoms with Crippen molar-refractivity contribution in [1.82, 2.24) is 4.57 Å². The van der Waals surface area contributed by atoms with Crippen LogP contribution in [0, 0.1) is 0 Å². The average Bonchev–Trinajstić information content (AvgIpc) is 2.92. The van der Waals surface area contributed by atoms with Crippen LogP contribution in [-0.2, 0) is 11.3 Å². The smallest absolute Gasteiger partial charge is 0.224 e. The van der Waals surface area contributed by atoms with Crippen LogP contribution in [-0.4, -0.2) is 17.6 Å². The van der Waals surface area contributed by atoms with E-state index < -0.39 is 0 Å². The first-order valence-electron chi connectivity index (χ1n) is 6.43. The number of nitrogens with one attached hydrogen (secondary N) is 1. The summed E-state index contributed by atoms with van der Waals surface area (Å²) in [4.78, 5) is 11.8. The number of benzene rings is 1. The van der Waals surface area contributed by atoms with E-state index >= 15 is 0 Å². The Morgan fingerprint density at radius 3 is 2.75 bits per heavy atom. The van der Waals surface area contributed by atoms with Crippen molar-refractivity contribution in [3.05, 3.63) is 47.7 Å². The molecule has 0 aliphatic rings. The Hall–Kier alpha value is -1.94.